The molecule has 0 saturated heterocycles. The molecule has 0 saturated carbocycles. The van der Waals surface area contributed by atoms with E-state index in [0.29, 0.717) is 12.7 Å². The fraction of sp³-hybridized carbons (Fsp3) is 0.800. The Morgan fingerprint density at radius 3 is 2.31 bits per heavy atom. The second-order valence-electron chi connectivity index (χ2n) is 4.38. The van der Waals surface area contributed by atoms with Gasteiger partial charge in [0.05, 0.1) is 12.8 Å². The van der Waals surface area contributed by atoms with E-state index in [-0.39, 0.29) is 0 Å². The van der Waals surface area contributed by atoms with Crippen LogP contribution >= 0.6 is 0 Å². The third kappa shape index (κ3) is 8.21. The summed E-state index contributed by atoms with van der Waals surface area (Å²) in [5, 5.41) is 0. The summed E-state index contributed by atoms with van der Waals surface area (Å²) in [5.41, 5.74) is 1.06. The van der Waals surface area contributed by atoms with E-state index in [4.69, 9.17) is 9.16 Å². The fourth-order valence-electron chi connectivity index (χ4n) is 1.14. The summed E-state index contributed by atoms with van der Waals surface area (Å²) in [7, 11) is -1.60. The Morgan fingerprint density at radius 1 is 1.38 bits per heavy atom. The van der Waals surface area contributed by atoms with Crippen LogP contribution in [-0.4, -0.2) is 27.3 Å². The molecular formula is C10H22O2Si. The molecule has 0 radical (unpaired) electrons. The molecule has 0 N–H and O–H groups in total. The van der Waals surface area contributed by atoms with Crippen molar-refractivity contribution >= 4 is 8.32 Å². The van der Waals surface area contributed by atoms with Gasteiger partial charge in [0.15, 0.2) is 0 Å². The molecule has 0 spiro atoms. The number of hydrogen-bond donors (Lipinski definition) is 0. The summed E-state index contributed by atoms with van der Waals surface area (Å²) in [6, 6.07) is 0. The summed E-state index contributed by atoms with van der Waals surface area (Å²) in [6.45, 7) is 14.9. The predicted octanol–water partition coefficient (Wildman–Crippen LogP) is 2.75. The van der Waals surface area contributed by atoms with E-state index in [1.54, 1.807) is 0 Å². The highest BCUT2D eigenvalue weighted by Gasteiger charge is 2.23. The van der Waals surface area contributed by atoms with Crippen LogP contribution in [0, 0.1) is 0 Å². The van der Waals surface area contributed by atoms with Crippen LogP contribution in [0.1, 0.15) is 20.8 Å². The summed E-state index contributed by atoms with van der Waals surface area (Å²) in [4.78, 5) is 0. The van der Waals surface area contributed by atoms with Crippen LogP contribution in [0.2, 0.25) is 13.1 Å². The van der Waals surface area contributed by atoms with E-state index in [2.05, 4.69) is 33.5 Å². The van der Waals surface area contributed by atoms with Gasteiger partial charge in [-0.2, -0.15) is 0 Å². The molecule has 0 unspecified atom stereocenters. The first-order valence-corrected chi connectivity index (χ1v) is 7.85. The molecule has 2 nitrogen and oxygen atoms in total. The maximum atomic E-state index is 5.80. The van der Waals surface area contributed by atoms with Gasteiger partial charge in [0.2, 0.25) is 8.32 Å². The first-order valence-electron chi connectivity index (χ1n) is 4.73. The molecule has 0 aromatic heterocycles. The molecular weight excluding hydrogens is 180 g/mol. The van der Waals surface area contributed by atoms with Gasteiger partial charge in [-0.3, -0.25) is 0 Å². The van der Waals surface area contributed by atoms with Crippen LogP contribution in [0.25, 0.3) is 0 Å². The zero-order valence-electron chi connectivity index (χ0n) is 9.52. The van der Waals surface area contributed by atoms with Gasteiger partial charge in [0, 0.05) is 6.10 Å². The van der Waals surface area contributed by atoms with Crippen molar-refractivity contribution in [2.75, 3.05) is 12.8 Å². The molecule has 0 aliphatic heterocycles. The van der Waals surface area contributed by atoms with Crippen LogP contribution in [0.15, 0.2) is 12.2 Å². The predicted molar refractivity (Wildman–Crippen MR) is 59.3 cm³/mol. The van der Waals surface area contributed by atoms with E-state index in [9.17, 15) is 0 Å². The summed E-state index contributed by atoms with van der Waals surface area (Å²) >= 11 is 0. The Hall–Kier alpha value is -0.123. The minimum Gasteiger partial charge on any atom is -0.413 e. The SMILES string of the molecule is C=C(C)COC[Si](C)(C)OC(C)C. The smallest absolute Gasteiger partial charge is 0.212 e. The van der Waals surface area contributed by atoms with Crippen molar-refractivity contribution in [1.82, 2.24) is 0 Å². The van der Waals surface area contributed by atoms with E-state index in [1.807, 2.05) is 6.92 Å². The van der Waals surface area contributed by atoms with E-state index in [1.165, 1.54) is 0 Å². The average Bonchev–Trinajstić information content (AvgIpc) is 1.81. The largest absolute Gasteiger partial charge is 0.413 e. The standard InChI is InChI=1S/C10H22O2Si/c1-9(2)7-11-8-13(5,6)12-10(3)4/h10H,1,7-8H2,2-6H3. The van der Waals surface area contributed by atoms with E-state index in [0.717, 1.165) is 11.8 Å². The van der Waals surface area contributed by atoms with Crippen molar-refractivity contribution in [2.45, 2.75) is 40.0 Å². The lowest BCUT2D eigenvalue weighted by Crippen LogP contribution is -2.39. The van der Waals surface area contributed by atoms with E-state index >= 15 is 0 Å². The number of hydrogen-bond acceptors (Lipinski definition) is 2. The van der Waals surface area contributed by atoms with Crippen molar-refractivity contribution in [3.63, 3.8) is 0 Å². The maximum absolute atomic E-state index is 5.80. The Balaban J connectivity index is 3.68. The molecule has 0 amide bonds. The monoisotopic (exact) mass is 202 g/mol. The molecule has 0 atom stereocenters. The third-order valence-corrected chi connectivity index (χ3v) is 3.36. The van der Waals surface area contributed by atoms with Crippen LogP contribution < -0.4 is 0 Å². The third-order valence-electron chi connectivity index (χ3n) is 1.35. The Kier molecular flexibility index (Phi) is 5.52. The van der Waals surface area contributed by atoms with Gasteiger partial charge < -0.3 is 9.16 Å². The Bertz CT molecular complexity index is 164. The zero-order chi connectivity index (χ0) is 10.5. The summed E-state index contributed by atoms with van der Waals surface area (Å²) in [5.74, 6) is 0. The molecule has 78 valence electrons. The fourth-order valence-corrected chi connectivity index (χ4v) is 3.08. The maximum Gasteiger partial charge on any atom is 0.212 e. The number of ether oxygens (including phenoxy) is 1. The van der Waals surface area contributed by atoms with Gasteiger partial charge >= 0.3 is 0 Å². The van der Waals surface area contributed by atoms with Crippen LogP contribution in [-0.2, 0) is 9.16 Å². The zero-order valence-corrected chi connectivity index (χ0v) is 10.5. The van der Waals surface area contributed by atoms with Crippen LogP contribution in [0.4, 0.5) is 0 Å². The van der Waals surface area contributed by atoms with Gasteiger partial charge in [-0.15, -0.1) is 0 Å². The molecule has 0 aliphatic carbocycles. The van der Waals surface area contributed by atoms with E-state index < -0.39 is 8.32 Å². The van der Waals surface area contributed by atoms with Crippen molar-refractivity contribution in [1.29, 1.82) is 0 Å². The average molecular weight is 202 g/mol. The van der Waals surface area contributed by atoms with Gasteiger partial charge in [-0.05, 0) is 33.9 Å². The van der Waals surface area contributed by atoms with Crippen LogP contribution in [0.5, 0.6) is 0 Å². The molecule has 0 aromatic carbocycles. The second-order valence-corrected chi connectivity index (χ2v) is 8.42. The van der Waals surface area contributed by atoms with Crippen molar-refractivity contribution in [3.8, 4) is 0 Å². The topological polar surface area (TPSA) is 18.5 Å². The first-order chi connectivity index (χ1) is 5.83. The lowest BCUT2D eigenvalue weighted by Gasteiger charge is -2.25. The lowest BCUT2D eigenvalue weighted by atomic mass is 10.4. The van der Waals surface area contributed by atoms with Gasteiger partial charge in [-0.1, -0.05) is 12.2 Å². The minimum absolute atomic E-state index is 0.301. The van der Waals surface area contributed by atoms with Gasteiger partial charge in [-0.25, -0.2) is 0 Å². The van der Waals surface area contributed by atoms with Crippen LogP contribution in [0.3, 0.4) is 0 Å². The first kappa shape index (κ1) is 12.9. The van der Waals surface area contributed by atoms with Crippen molar-refractivity contribution < 1.29 is 9.16 Å². The van der Waals surface area contributed by atoms with Gasteiger partial charge in [0.25, 0.3) is 0 Å². The van der Waals surface area contributed by atoms with Gasteiger partial charge in [0.1, 0.15) is 0 Å². The molecule has 0 heterocycles. The highest BCUT2D eigenvalue weighted by Crippen LogP contribution is 2.08. The molecule has 0 rings (SSSR count). The Labute approximate surface area is 83.1 Å². The molecule has 3 heteroatoms. The highest BCUT2D eigenvalue weighted by atomic mass is 28.4. The van der Waals surface area contributed by atoms with Crippen molar-refractivity contribution in [2.24, 2.45) is 0 Å². The molecule has 13 heavy (non-hydrogen) atoms. The normalized spacial score (nSPS) is 12.2. The Morgan fingerprint density at radius 2 is 1.92 bits per heavy atom. The quantitative estimate of drug-likeness (QED) is 0.487. The molecule has 0 aromatic rings. The molecule has 0 aliphatic rings. The number of rotatable bonds is 6. The molecule has 0 bridgehead atoms. The lowest BCUT2D eigenvalue weighted by molar-refractivity contribution is 0.157. The highest BCUT2D eigenvalue weighted by molar-refractivity contribution is 6.71. The van der Waals surface area contributed by atoms with Crippen molar-refractivity contribution in [3.05, 3.63) is 12.2 Å². The second kappa shape index (κ2) is 5.57. The summed E-state index contributed by atoms with van der Waals surface area (Å²) in [6.07, 6.45) is 1.05. The minimum atomic E-state index is -1.60. The summed E-state index contributed by atoms with van der Waals surface area (Å²) < 4.78 is 11.3. The molecule has 0 fully saturated rings.